The van der Waals surface area contributed by atoms with E-state index in [0.717, 1.165) is 16.9 Å². The van der Waals surface area contributed by atoms with Crippen molar-refractivity contribution in [3.63, 3.8) is 0 Å². The van der Waals surface area contributed by atoms with Gasteiger partial charge < -0.3 is 9.47 Å². The Morgan fingerprint density at radius 2 is 2.05 bits per heavy atom. The summed E-state index contributed by atoms with van der Waals surface area (Å²) in [5.74, 6) is 1.16. The van der Waals surface area contributed by atoms with Crippen molar-refractivity contribution in [1.82, 2.24) is 5.43 Å². The fourth-order valence-corrected chi connectivity index (χ4v) is 2.01. The Morgan fingerprint density at radius 1 is 1.19 bits per heavy atom. The molecule has 0 aromatic heterocycles. The molecule has 106 valence electrons. The number of rotatable bonds is 3. The second-order valence-corrected chi connectivity index (χ2v) is 4.68. The Balaban J connectivity index is 1.65. The Labute approximate surface area is 122 Å². The average Bonchev–Trinajstić information content (AvgIpc) is 2.94. The van der Waals surface area contributed by atoms with Gasteiger partial charge in [0.2, 0.25) is 6.79 Å². The van der Waals surface area contributed by atoms with Crippen LogP contribution >= 0.6 is 0 Å². The van der Waals surface area contributed by atoms with Crippen LogP contribution in [0.25, 0.3) is 0 Å². The Morgan fingerprint density at radius 3 is 2.90 bits per heavy atom. The van der Waals surface area contributed by atoms with Gasteiger partial charge in [0.15, 0.2) is 11.5 Å². The van der Waals surface area contributed by atoms with E-state index in [1.165, 1.54) is 0 Å². The minimum absolute atomic E-state index is 0.236. The second-order valence-electron chi connectivity index (χ2n) is 4.68. The van der Waals surface area contributed by atoms with Gasteiger partial charge in [0.1, 0.15) is 0 Å². The molecule has 0 bridgehead atoms. The molecule has 0 atom stereocenters. The first kappa shape index (κ1) is 13.2. The third kappa shape index (κ3) is 3.02. The first-order chi connectivity index (χ1) is 10.2. The molecule has 1 amide bonds. The van der Waals surface area contributed by atoms with Gasteiger partial charge >= 0.3 is 0 Å². The zero-order valence-electron chi connectivity index (χ0n) is 11.5. The summed E-state index contributed by atoms with van der Waals surface area (Å²) in [5, 5.41) is 3.95. The van der Waals surface area contributed by atoms with E-state index in [1.807, 2.05) is 43.3 Å². The highest BCUT2D eigenvalue weighted by atomic mass is 16.7. The summed E-state index contributed by atoms with van der Waals surface area (Å²) in [6, 6.07) is 12.8. The quantitative estimate of drug-likeness (QED) is 0.695. The molecule has 0 saturated carbocycles. The number of hydrazone groups is 1. The fourth-order valence-electron chi connectivity index (χ4n) is 2.01. The van der Waals surface area contributed by atoms with Crippen LogP contribution in [-0.2, 0) is 0 Å². The highest BCUT2D eigenvalue weighted by Crippen LogP contribution is 2.31. The summed E-state index contributed by atoms with van der Waals surface area (Å²) < 4.78 is 10.5. The molecule has 5 heteroatoms. The number of aryl methyl sites for hydroxylation is 1. The lowest BCUT2D eigenvalue weighted by Crippen LogP contribution is -2.17. The van der Waals surface area contributed by atoms with E-state index in [1.54, 1.807) is 12.3 Å². The highest BCUT2D eigenvalue weighted by molar-refractivity contribution is 5.95. The average molecular weight is 282 g/mol. The molecule has 0 radical (unpaired) electrons. The molecule has 2 aromatic rings. The molecule has 0 unspecified atom stereocenters. The molecular weight excluding hydrogens is 268 g/mol. The van der Waals surface area contributed by atoms with Crippen molar-refractivity contribution >= 4 is 12.1 Å². The maximum atomic E-state index is 11.9. The number of hydrogen-bond acceptors (Lipinski definition) is 4. The fraction of sp³-hybridized carbons (Fsp3) is 0.125. The molecule has 0 saturated heterocycles. The van der Waals surface area contributed by atoms with Crippen LogP contribution in [-0.4, -0.2) is 18.9 Å². The predicted octanol–water partition coefficient (Wildman–Crippen LogP) is 2.49. The van der Waals surface area contributed by atoms with E-state index in [0.29, 0.717) is 11.3 Å². The number of nitrogens with one attached hydrogen (secondary N) is 1. The first-order valence-corrected chi connectivity index (χ1v) is 6.52. The standard InChI is InChI=1S/C16H14N2O3/c1-11-3-2-4-13(7-11)16(19)18-17-9-12-5-6-14-15(8-12)21-10-20-14/h2-9H,10H2,1H3,(H,18,19)/b17-9+. The number of carbonyl (C=O) groups excluding carboxylic acids is 1. The molecule has 5 nitrogen and oxygen atoms in total. The number of fused-ring (bicyclic) bond motifs is 1. The third-order valence-corrected chi connectivity index (χ3v) is 3.06. The smallest absolute Gasteiger partial charge is 0.271 e. The lowest BCUT2D eigenvalue weighted by Gasteiger charge is -2.01. The first-order valence-electron chi connectivity index (χ1n) is 6.52. The zero-order chi connectivity index (χ0) is 14.7. The maximum Gasteiger partial charge on any atom is 0.271 e. The Hall–Kier alpha value is -2.82. The zero-order valence-corrected chi connectivity index (χ0v) is 11.5. The van der Waals surface area contributed by atoms with E-state index >= 15 is 0 Å². The lowest BCUT2D eigenvalue weighted by molar-refractivity contribution is 0.0955. The van der Waals surface area contributed by atoms with Crippen molar-refractivity contribution < 1.29 is 14.3 Å². The van der Waals surface area contributed by atoms with E-state index in [4.69, 9.17) is 9.47 Å². The lowest BCUT2D eigenvalue weighted by atomic mass is 10.1. The summed E-state index contributed by atoms with van der Waals surface area (Å²) >= 11 is 0. The summed E-state index contributed by atoms with van der Waals surface area (Å²) in [4.78, 5) is 11.9. The predicted molar refractivity (Wildman–Crippen MR) is 78.8 cm³/mol. The molecule has 1 heterocycles. The summed E-state index contributed by atoms with van der Waals surface area (Å²) in [6.07, 6.45) is 1.57. The van der Waals surface area contributed by atoms with E-state index in [2.05, 4.69) is 10.5 Å². The van der Waals surface area contributed by atoms with Crippen LogP contribution in [0.5, 0.6) is 11.5 Å². The number of nitrogens with zero attached hydrogens (tertiary/aromatic N) is 1. The molecule has 0 aliphatic carbocycles. The van der Waals surface area contributed by atoms with Crippen LogP contribution in [0.2, 0.25) is 0 Å². The minimum Gasteiger partial charge on any atom is -0.454 e. The molecule has 21 heavy (non-hydrogen) atoms. The topological polar surface area (TPSA) is 59.9 Å². The van der Waals surface area contributed by atoms with E-state index in [9.17, 15) is 4.79 Å². The monoisotopic (exact) mass is 282 g/mol. The van der Waals surface area contributed by atoms with Crippen LogP contribution < -0.4 is 14.9 Å². The normalized spacial score (nSPS) is 12.6. The molecule has 1 N–H and O–H groups in total. The highest BCUT2D eigenvalue weighted by Gasteiger charge is 2.12. The van der Waals surface area contributed by atoms with Crippen molar-refractivity contribution in [3.05, 3.63) is 59.2 Å². The number of ether oxygens (including phenoxy) is 2. The van der Waals surface area contributed by atoms with Crippen molar-refractivity contribution in [2.45, 2.75) is 6.92 Å². The summed E-state index contributed by atoms with van der Waals surface area (Å²) in [5.41, 5.74) is 4.94. The number of amides is 1. The largest absolute Gasteiger partial charge is 0.454 e. The van der Waals surface area contributed by atoms with Gasteiger partial charge in [-0.15, -0.1) is 0 Å². The van der Waals surface area contributed by atoms with Gasteiger partial charge in [-0.05, 0) is 42.8 Å². The summed E-state index contributed by atoms with van der Waals surface area (Å²) in [6.45, 7) is 2.17. The molecule has 0 fully saturated rings. The van der Waals surface area contributed by atoms with Crippen LogP contribution in [0, 0.1) is 6.92 Å². The Kier molecular flexibility index (Phi) is 3.55. The van der Waals surface area contributed by atoms with Crippen molar-refractivity contribution in [3.8, 4) is 11.5 Å². The van der Waals surface area contributed by atoms with Crippen molar-refractivity contribution in [2.24, 2.45) is 5.10 Å². The van der Waals surface area contributed by atoms with Crippen LogP contribution in [0.3, 0.4) is 0 Å². The van der Waals surface area contributed by atoms with Crippen LogP contribution in [0.1, 0.15) is 21.5 Å². The number of carbonyl (C=O) groups is 1. The van der Waals surface area contributed by atoms with E-state index in [-0.39, 0.29) is 12.7 Å². The van der Waals surface area contributed by atoms with Crippen molar-refractivity contribution in [2.75, 3.05) is 6.79 Å². The van der Waals surface area contributed by atoms with Crippen LogP contribution in [0.15, 0.2) is 47.6 Å². The summed E-state index contributed by atoms with van der Waals surface area (Å²) in [7, 11) is 0. The van der Waals surface area contributed by atoms with Gasteiger partial charge in [-0.3, -0.25) is 4.79 Å². The van der Waals surface area contributed by atoms with Crippen molar-refractivity contribution in [1.29, 1.82) is 0 Å². The SMILES string of the molecule is Cc1cccc(C(=O)N/N=C/c2ccc3c(c2)OCO3)c1. The molecule has 3 rings (SSSR count). The third-order valence-electron chi connectivity index (χ3n) is 3.06. The van der Waals surface area contributed by atoms with Gasteiger partial charge in [0.25, 0.3) is 5.91 Å². The van der Waals surface area contributed by atoms with Gasteiger partial charge in [-0.2, -0.15) is 5.10 Å². The minimum atomic E-state index is -0.240. The Bertz CT molecular complexity index is 710. The second kappa shape index (κ2) is 5.66. The molecular formula is C16H14N2O3. The molecule has 1 aliphatic heterocycles. The number of benzene rings is 2. The maximum absolute atomic E-state index is 11.9. The van der Waals surface area contributed by atoms with Crippen LogP contribution in [0.4, 0.5) is 0 Å². The number of hydrogen-bond donors (Lipinski definition) is 1. The molecule has 2 aromatic carbocycles. The van der Waals surface area contributed by atoms with E-state index < -0.39 is 0 Å². The molecule has 1 aliphatic rings. The van der Waals surface area contributed by atoms with Gasteiger partial charge in [0.05, 0.1) is 6.21 Å². The molecule has 0 spiro atoms. The van der Waals surface area contributed by atoms with Gasteiger partial charge in [0, 0.05) is 5.56 Å². The van der Waals surface area contributed by atoms with Gasteiger partial charge in [-0.1, -0.05) is 17.7 Å². The van der Waals surface area contributed by atoms with Gasteiger partial charge in [-0.25, -0.2) is 5.43 Å².